The van der Waals surface area contributed by atoms with Crippen LogP contribution < -0.4 is 10.2 Å². The summed E-state index contributed by atoms with van der Waals surface area (Å²) in [5.41, 5.74) is 4.62. The van der Waals surface area contributed by atoms with E-state index in [0.29, 0.717) is 19.0 Å². The predicted molar refractivity (Wildman–Crippen MR) is 149 cm³/mol. The van der Waals surface area contributed by atoms with Gasteiger partial charge in [0, 0.05) is 56.3 Å². The van der Waals surface area contributed by atoms with Crippen LogP contribution in [0.3, 0.4) is 0 Å². The van der Waals surface area contributed by atoms with Gasteiger partial charge in [0.25, 0.3) is 0 Å². The van der Waals surface area contributed by atoms with Gasteiger partial charge in [0.15, 0.2) is 0 Å². The lowest BCUT2D eigenvalue weighted by molar-refractivity contribution is 0.208. The Morgan fingerprint density at radius 3 is 2.58 bits per heavy atom. The lowest BCUT2D eigenvalue weighted by atomic mass is 10.0. The Kier molecular flexibility index (Phi) is 7.17. The van der Waals surface area contributed by atoms with Gasteiger partial charge in [0.2, 0.25) is 0 Å². The number of nitrogens with one attached hydrogen (secondary N) is 1. The van der Waals surface area contributed by atoms with Crippen LogP contribution in [-0.4, -0.2) is 65.1 Å². The van der Waals surface area contributed by atoms with Gasteiger partial charge in [-0.15, -0.1) is 11.3 Å². The molecule has 0 unspecified atom stereocenters. The van der Waals surface area contributed by atoms with Crippen molar-refractivity contribution in [2.24, 2.45) is 5.92 Å². The number of carbonyl (C=O) groups is 1. The first-order valence-corrected chi connectivity index (χ1v) is 14.1. The summed E-state index contributed by atoms with van der Waals surface area (Å²) >= 11 is 1.85. The third-order valence-electron chi connectivity index (χ3n) is 7.33. The molecular formula is C28H38N6OS. The number of rotatable bonds is 5. The Balaban J connectivity index is 1.37. The molecule has 5 rings (SSSR count). The summed E-state index contributed by atoms with van der Waals surface area (Å²) in [5.74, 6) is 2.52. The third-order valence-corrected chi connectivity index (χ3v) is 8.45. The SMILES string of the molecule is CCN1CCc2c(sc3nc(CC(C)C)nc(N4CCN(C(=O)Nc5ccc(C)cc5C)CC4)c23)C1. The summed E-state index contributed by atoms with van der Waals surface area (Å²) in [4.78, 5) is 32.6. The molecule has 0 spiro atoms. The van der Waals surface area contributed by atoms with Crippen LogP contribution >= 0.6 is 11.3 Å². The molecule has 2 aliphatic rings. The first-order chi connectivity index (χ1) is 17.3. The van der Waals surface area contributed by atoms with Crippen LogP contribution in [0, 0.1) is 19.8 Å². The lowest BCUT2D eigenvalue weighted by Crippen LogP contribution is -2.50. The minimum Gasteiger partial charge on any atom is -0.352 e. The Morgan fingerprint density at radius 1 is 1.11 bits per heavy atom. The van der Waals surface area contributed by atoms with Crippen molar-refractivity contribution in [3.05, 3.63) is 45.6 Å². The van der Waals surface area contributed by atoms with Crippen molar-refractivity contribution in [1.29, 1.82) is 0 Å². The van der Waals surface area contributed by atoms with E-state index in [1.807, 2.05) is 35.3 Å². The van der Waals surface area contributed by atoms with Crippen LogP contribution in [0.4, 0.5) is 16.3 Å². The second kappa shape index (κ2) is 10.3. The molecule has 0 bridgehead atoms. The molecule has 3 aromatic rings. The summed E-state index contributed by atoms with van der Waals surface area (Å²) in [7, 11) is 0. The molecule has 1 fully saturated rings. The standard InChI is InChI=1S/C28H38N6OS/c1-6-32-10-9-21-23(17-32)36-27-25(21)26(30-24(31-27)15-18(2)3)33-11-13-34(14-12-33)28(35)29-22-8-7-19(4)16-20(22)5/h7-8,16,18H,6,9-15,17H2,1-5H3,(H,29,35). The number of amides is 2. The Labute approximate surface area is 218 Å². The van der Waals surface area contributed by atoms with E-state index in [1.165, 1.54) is 21.4 Å². The van der Waals surface area contributed by atoms with E-state index in [-0.39, 0.29) is 6.03 Å². The number of likely N-dealkylation sites (N-methyl/N-ethyl adjacent to an activating group) is 1. The van der Waals surface area contributed by atoms with Crippen molar-refractivity contribution in [3.63, 3.8) is 0 Å². The quantitative estimate of drug-likeness (QED) is 0.513. The maximum Gasteiger partial charge on any atom is 0.321 e. The van der Waals surface area contributed by atoms with E-state index in [2.05, 4.69) is 48.9 Å². The predicted octanol–water partition coefficient (Wildman–Crippen LogP) is 5.24. The molecule has 1 saturated heterocycles. The second-order valence-electron chi connectivity index (χ2n) is 10.6. The highest BCUT2D eigenvalue weighted by Crippen LogP contribution is 2.39. The molecule has 8 heteroatoms. The zero-order chi connectivity index (χ0) is 25.4. The number of fused-ring (bicyclic) bond motifs is 3. The van der Waals surface area contributed by atoms with Gasteiger partial charge in [-0.25, -0.2) is 14.8 Å². The smallest absolute Gasteiger partial charge is 0.321 e. The van der Waals surface area contributed by atoms with Gasteiger partial charge < -0.3 is 15.1 Å². The summed E-state index contributed by atoms with van der Waals surface area (Å²) < 4.78 is 0. The fourth-order valence-electron chi connectivity index (χ4n) is 5.30. The largest absolute Gasteiger partial charge is 0.352 e. The van der Waals surface area contributed by atoms with Gasteiger partial charge in [-0.2, -0.15) is 0 Å². The number of hydrogen-bond acceptors (Lipinski definition) is 6. The summed E-state index contributed by atoms with van der Waals surface area (Å²) in [6, 6.07) is 6.11. The number of piperazine rings is 1. The average Bonchev–Trinajstić information content (AvgIpc) is 3.22. The minimum absolute atomic E-state index is 0.0255. The molecule has 0 atom stereocenters. The van der Waals surface area contributed by atoms with Crippen molar-refractivity contribution < 1.29 is 4.79 Å². The lowest BCUT2D eigenvalue weighted by Gasteiger charge is -2.36. The van der Waals surface area contributed by atoms with E-state index in [9.17, 15) is 4.79 Å². The van der Waals surface area contributed by atoms with Gasteiger partial charge >= 0.3 is 6.03 Å². The second-order valence-corrected chi connectivity index (χ2v) is 11.7. The number of urea groups is 1. The molecule has 2 amide bonds. The van der Waals surface area contributed by atoms with Gasteiger partial charge in [-0.05, 0) is 49.9 Å². The molecule has 0 radical (unpaired) electrons. The number of anilines is 2. The van der Waals surface area contributed by atoms with Gasteiger partial charge in [0.1, 0.15) is 16.5 Å². The molecular weight excluding hydrogens is 468 g/mol. The molecule has 0 saturated carbocycles. The fourth-order valence-corrected chi connectivity index (χ4v) is 6.57. The van der Waals surface area contributed by atoms with Crippen molar-refractivity contribution >= 4 is 39.1 Å². The van der Waals surface area contributed by atoms with E-state index in [4.69, 9.17) is 9.97 Å². The highest BCUT2D eigenvalue weighted by atomic mass is 32.1. The normalized spacial score (nSPS) is 16.6. The van der Waals surface area contributed by atoms with Gasteiger partial charge in [0.05, 0.1) is 5.39 Å². The van der Waals surface area contributed by atoms with Crippen LogP contribution in [0.25, 0.3) is 10.2 Å². The number of thiophene rings is 1. The van der Waals surface area contributed by atoms with Crippen LogP contribution in [0.15, 0.2) is 18.2 Å². The van der Waals surface area contributed by atoms with Crippen molar-refractivity contribution in [1.82, 2.24) is 19.8 Å². The number of aryl methyl sites for hydroxylation is 2. The van der Waals surface area contributed by atoms with Crippen molar-refractivity contribution in [3.8, 4) is 0 Å². The number of nitrogens with zero attached hydrogens (tertiary/aromatic N) is 5. The Hall–Kier alpha value is -2.71. The molecule has 7 nitrogen and oxygen atoms in total. The zero-order valence-electron chi connectivity index (χ0n) is 22.2. The Morgan fingerprint density at radius 2 is 1.89 bits per heavy atom. The van der Waals surface area contributed by atoms with Crippen molar-refractivity contribution in [2.45, 2.75) is 54.0 Å². The molecule has 1 aromatic carbocycles. The summed E-state index contributed by atoms with van der Waals surface area (Å²) in [5, 5.41) is 4.36. The third kappa shape index (κ3) is 5.06. The monoisotopic (exact) mass is 506 g/mol. The molecule has 4 heterocycles. The molecule has 2 aromatic heterocycles. The van der Waals surface area contributed by atoms with Crippen LogP contribution in [0.2, 0.25) is 0 Å². The molecule has 1 N–H and O–H groups in total. The summed E-state index contributed by atoms with van der Waals surface area (Å²) in [6.07, 6.45) is 1.94. The first-order valence-electron chi connectivity index (χ1n) is 13.2. The maximum atomic E-state index is 13.0. The average molecular weight is 507 g/mol. The van der Waals surface area contributed by atoms with E-state index in [0.717, 1.165) is 73.3 Å². The molecule has 0 aliphatic carbocycles. The number of carbonyl (C=O) groups excluding carboxylic acids is 1. The maximum absolute atomic E-state index is 13.0. The molecule has 2 aliphatic heterocycles. The van der Waals surface area contributed by atoms with Crippen LogP contribution in [0.1, 0.15) is 48.2 Å². The highest BCUT2D eigenvalue weighted by molar-refractivity contribution is 7.19. The van der Waals surface area contributed by atoms with Gasteiger partial charge in [-0.3, -0.25) is 4.90 Å². The highest BCUT2D eigenvalue weighted by Gasteiger charge is 2.29. The van der Waals surface area contributed by atoms with Crippen molar-refractivity contribution in [2.75, 3.05) is 49.5 Å². The van der Waals surface area contributed by atoms with Crippen LogP contribution in [-0.2, 0) is 19.4 Å². The minimum atomic E-state index is -0.0255. The molecule has 192 valence electrons. The number of hydrogen-bond donors (Lipinski definition) is 1. The Bertz CT molecular complexity index is 1260. The topological polar surface area (TPSA) is 64.6 Å². The van der Waals surface area contributed by atoms with E-state index >= 15 is 0 Å². The number of aromatic nitrogens is 2. The molecule has 36 heavy (non-hydrogen) atoms. The summed E-state index contributed by atoms with van der Waals surface area (Å²) in [6.45, 7) is 16.9. The number of benzene rings is 1. The zero-order valence-corrected chi connectivity index (χ0v) is 23.0. The van der Waals surface area contributed by atoms with E-state index < -0.39 is 0 Å². The fraction of sp³-hybridized carbons (Fsp3) is 0.536. The van der Waals surface area contributed by atoms with E-state index in [1.54, 1.807) is 0 Å². The van der Waals surface area contributed by atoms with Gasteiger partial charge in [-0.1, -0.05) is 38.5 Å². The first kappa shape index (κ1) is 25.0. The van der Waals surface area contributed by atoms with Crippen LogP contribution in [0.5, 0.6) is 0 Å².